The molecule has 0 aromatic heterocycles. The van der Waals surface area contributed by atoms with E-state index in [1.165, 1.54) is 5.56 Å². The van der Waals surface area contributed by atoms with E-state index in [0.29, 0.717) is 12.6 Å². The number of hydrogen-bond donors (Lipinski definition) is 2. The molecule has 0 bridgehead atoms. The lowest BCUT2D eigenvalue weighted by Crippen LogP contribution is -2.48. The molecule has 1 aromatic carbocycles. The lowest BCUT2D eigenvalue weighted by atomic mass is 9.97. The molecular weight excluding hydrogens is 254 g/mol. The Kier molecular flexibility index (Phi) is 4.61. The third-order valence-corrected chi connectivity index (χ3v) is 3.57. The average molecular weight is 275 g/mol. The number of para-hydroxylation sites is 1. The average Bonchev–Trinajstić information content (AvgIpc) is 2.42. The van der Waals surface area contributed by atoms with Gasteiger partial charge in [-0.05, 0) is 38.3 Å². The largest absolute Gasteiger partial charge is 0.359 e. The maximum Gasteiger partial charge on any atom is 0.321 e. The zero-order valence-electron chi connectivity index (χ0n) is 12.0. The maximum absolute atomic E-state index is 11.9. The van der Waals surface area contributed by atoms with Gasteiger partial charge in [-0.25, -0.2) is 4.79 Å². The molecule has 0 radical (unpaired) electrons. The number of amides is 3. The van der Waals surface area contributed by atoms with Crippen LogP contribution >= 0.6 is 0 Å². The molecule has 20 heavy (non-hydrogen) atoms. The first-order valence-corrected chi connectivity index (χ1v) is 7.04. The predicted octanol–water partition coefficient (Wildman–Crippen LogP) is 1.67. The summed E-state index contributed by atoms with van der Waals surface area (Å²) in [6.45, 7) is 4.62. The van der Waals surface area contributed by atoms with Crippen LogP contribution in [0.5, 0.6) is 0 Å². The normalized spacial score (nSPS) is 17.3. The highest BCUT2D eigenvalue weighted by Crippen LogP contribution is 2.29. The second kappa shape index (κ2) is 6.41. The number of fused-ring (bicyclic) bond motifs is 1. The van der Waals surface area contributed by atoms with Crippen molar-refractivity contribution in [1.82, 2.24) is 10.6 Å². The van der Waals surface area contributed by atoms with Gasteiger partial charge in [0.1, 0.15) is 0 Å². The number of anilines is 1. The molecule has 0 fully saturated rings. The SMILES string of the molecule is CCNC(=O)NC(=O)CN1c2ccccc2CCC1C. The van der Waals surface area contributed by atoms with Crippen LogP contribution < -0.4 is 15.5 Å². The third-order valence-electron chi connectivity index (χ3n) is 3.57. The first-order valence-electron chi connectivity index (χ1n) is 7.04. The van der Waals surface area contributed by atoms with Crippen molar-refractivity contribution in [3.05, 3.63) is 29.8 Å². The van der Waals surface area contributed by atoms with Gasteiger partial charge in [0.05, 0.1) is 6.54 Å². The number of carbonyl (C=O) groups excluding carboxylic acids is 2. The van der Waals surface area contributed by atoms with E-state index in [4.69, 9.17) is 0 Å². The molecule has 1 unspecified atom stereocenters. The number of aryl methyl sites for hydroxylation is 1. The Hall–Kier alpha value is -2.04. The number of benzene rings is 1. The van der Waals surface area contributed by atoms with Crippen LogP contribution in [0, 0.1) is 0 Å². The van der Waals surface area contributed by atoms with Crippen LogP contribution in [0.25, 0.3) is 0 Å². The number of nitrogens with zero attached hydrogens (tertiary/aromatic N) is 1. The third kappa shape index (κ3) is 3.29. The highest BCUT2D eigenvalue weighted by Gasteiger charge is 2.24. The molecular formula is C15H21N3O2. The van der Waals surface area contributed by atoms with Crippen molar-refractivity contribution < 1.29 is 9.59 Å². The Morgan fingerprint density at radius 3 is 2.85 bits per heavy atom. The molecule has 0 saturated carbocycles. The van der Waals surface area contributed by atoms with Crippen LogP contribution in [0.3, 0.4) is 0 Å². The van der Waals surface area contributed by atoms with Gasteiger partial charge in [0, 0.05) is 18.3 Å². The summed E-state index contributed by atoms with van der Waals surface area (Å²) < 4.78 is 0. The summed E-state index contributed by atoms with van der Waals surface area (Å²) in [6.07, 6.45) is 2.05. The molecule has 2 rings (SSSR count). The monoisotopic (exact) mass is 275 g/mol. The quantitative estimate of drug-likeness (QED) is 0.882. The van der Waals surface area contributed by atoms with E-state index in [0.717, 1.165) is 18.5 Å². The minimum atomic E-state index is -0.435. The summed E-state index contributed by atoms with van der Waals surface area (Å²) >= 11 is 0. The molecule has 1 aliphatic heterocycles. The lowest BCUT2D eigenvalue weighted by Gasteiger charge is -2.36. The second-order valence-corrected chi connectivity index (χ2v) is 5.05. The number of urea groups is 1. The van der Waals surface area contributed by atoms with Crippen molar-refractivity contribution in [2.75, 3.05) is 18.0 Å². The molecule has 108 valence electrons. The van der Waals surface area contributed by atoms with E-state index in [-0.39, 0.29) is 12.5 Å². The smallest absolute Gasteiger partial charge is 0.321 e. The summed E-state index contributed by atoms with van der Waals surface area (Å²) in [7, 11) is 0. The highest BCUT2D eigenvalue weighted by molar-refractivity contribution is 5.96. The zero-order chi connectivity index (χ0) is 14.5. The lowest BCUT2D eigenvalue weighted by molar-refractivity contribution is -0.118. The van der Waals surface area contributed by atoms with Gasteiger partial charge in [0.25, 0.3) is 0 Å². The Morgan fingerprint density at radius 2 is 2.10 bits per heavy atom. The van der Waals surface area contributed by atoms with E-state index in [9.17, 15) is 9.59 Å². The summed E-state index contributed by atoms with van der Waals surface area (Å²) in [4.78, 5) is 25.4. The molecule has 3 amide bonds. The zero-order valence-corrected chi connectivity index (χ0v) is 12.0. The summed E-state index contributed by atoms with van der Waals surface area (Å²) in [5.41, 5.74) is 2.36. The molecule has 0 saturated heterocycles. The van der Waals surface area contributed by atoms with Crippen molar-refractivity contribution in [3.63, 3.8) is 0 Å². The first-order chi connectivity index (χ1) is 9.61. The van der Waals surface area contributed by atoms with E-state index in [2.05, 4.69) is 28.5 Å². The van der Waals surface area contributed by atoms with E-state index in [1.807, 2.05) is 25.1 Å². The van der Waals surface area contributed by atoms with Crippen LogP contribution in [0.1, 0.15) is 25.8 Å². The predicted molar refractivity (Wildman–Crippen MR) is 78.8 cm³/mol. The van der Waals surface area contributed by atoms with Gasteiger partial charge in [-0.15, -0.1) is 0 Å². The van der Waals surface area contributed by atoms with Crippen molar-refractivity contribution in [3.8, 4) is 0 Å². The van der Waals surface area contributed by atoms with Gasteiger partial charge in [0.2, 0.25) is 5.91 Å². The number of hydrogen-bond acceptors (Lipinski definition) is 3. The fraction of sp³-hybridized carbons (Fsp3) is 0.467. The van der Waals surface area contributed by atoms with Gasteiger partial charge < -0.3 is 10.2 Å². The maximum atomic E-state index is 11.9. The Morgan fingerprint density at radius 1 is 1.35 bits per heavy atom. The number of carbonyl (C=O) groups is 2. The van der Waals surface area contributed by atoms with Gasteiger partial charge in [-0.3, -0.25) is 10.1 Å². The molecule has 1 aliphatic rings. The molecule has 1 aromatic rings. The van der Waals surface area contributed by atoms with Crippen LogP contribution in [0.15, 0.2) is 24.3 Å². The fourth-order valence-corrected chi connectivity index (χ4v) is 2.53. The van der Waals surface area contributed by atoms with Crippen LogP contribution in [-0.2, 0) is 11.2 Å². The molecule has 5 nitrogen and oxygen atoms in total. The molecule has 0 aliphatic carbocycles. The van der Waals surface area contributed by atoms with Crippen molar-refractivity contribution >= 4 is 17.6 Å². The topological polar surface area (TPSA) is 61.4 Å². The van der Waals surface area contributed by atoms with E-state index < -0.39 is 6.03 Å². The van der Waals surface area contributed by atoms with Gasteiger partial charge in [-0.1, -0.05) is 18.2 Å². The van der Waals surface area contributed by atoms with Gasteiger partial charge >= 0.3 is 6.03 Å². The molecule has 0 spiro atoms. The minimum absolute atomic E-state index is 0.204. The molecule has 1 atom stereocenters. The Balaban J connectivity index is 2.05. The van der Waals surface area contributed by atoms with Crippen molar-refractivity contribution in [2.45, 2.75) is 32.7 Å². The second-order valence-electron chi connectivity index (χ2n) is 5.05. The molecule has 1 heterocycles. The van der Waals surface area contributed by atoms with Crippen molar-refractivity contribution in [1.29, 1.82) is 0 Å². The van der Waals surface area contributed by atoms with E-state index in [1.54, 1.807) is 0 Å². The Labute approximate surface area is 119 Å². The van der Waals surface area contributed by atoms with Gasteiger partial charge in [0.15, 0.2) is 0 Å². The summed E-state index contributed by atoms with van der Waals surface area (Å²) in [6, 6.07) is 7.98. The summed E-state index contributed by atoms with van der Waals surface area (Å²) in [5, 5.41) is 4.90. The van der Waals surface area contributed by atoms with Gasteiger partial charge in [-0.2, -0.15) is 0 Å². The summed E-state index contributed by atoms with van der Waals surface area (Å²) in [5.74, 6) is -0.278. The number of rotatable bonds is 3. The number of imide groups is 1. The van der Waals surface area contributed by atoms with Crippen LogP contribution in [-0.4, -0.2) is 31.1 Å². The van der Waals surface area contributed by atoms with Crippen LogP contribution in [0.4, 0.5) is 10.5 Å². The minimum Gasteiger partial charge on any atom is -0.359 e. The molecule has 5 heteroatoms. The van der Waals surface area contributed by atoms with E-state index >= 15 is 0 Å². The highest BCUT2D eigenvalue weighted by atomic mass is 16.2. The van der Waals surface area contributed by atoms with Crippen LogP contribution in [0.2, 0.25) is 0 Å². The standard InChI is InChI=1S/C15H21N3O2/c1-3-16-15(20)17-14(19)10-18-11(2)8-9-12-6-4-5-7-13(12)18/h4-7,11H,3,8-10H2,1-2H3,(H2,16,17,19,20). The molecule has 2 N–H and O–H groups in total. The van der Waals surface area contributed by atoms with Crippen molar-refractivity contribution in [2.24, 2.45) is 0 Å². The fourth-order valence-electron chi connectivity index (χ4n) is 2.53. The Bertz CT molecular complexity index is 502. The number of nitrogens with one attached hydrogen (secondary N) is 2. The first kappa shape index (κ1) is 14.4.